The van der Waals surface area contributed by atoms with Gasteiger partial charge in [0.2, 0.25) is 0 Å². The van der Waals surface area contributed by atoms with Gasteiger partial charge >= 0.3 is 0 Å². The van der Waals surface area contributed by atoms with Crippen LogP contribution >= 0.6 is 11.8 Å². The van der Waals surface area contributed by atoms with Gasteiger partial charge in [0, 0.05) is 20.2 Å². The zero-order chi connectivity index (χ0) is 21.8. The van der Waals surface area contributed by atoms with Crippen LogP contribution in [-0.4, -0.2) is 49.3 Å². The Kier molecular flexibility index (Phi) is 6.73. The minimum Gasteiger partial charge on any atom is -0.383 e. The highest BCUT2D eigenvalue weighted by Gasteiger charge is 2.33. The van der Waals surface area contributed by atoms with Gasteiger partial charge in [-0.25, -0.2) is 9.38 Å². The lowest BCUT2D eigenvalue weighted by Crippen LogP contribution is -2.32. The quantitative estimate of drug-likeness (QED) is 0.595. The molecule has 2 aliphatic rings. The number of aryl methyl sites for hydroxylation is 1. The van der Waals surface area contributed by atoms with Crippen LogP contribution in [0.3, 0.4) is 0 Å². The maximum Gasteiger partial charge on any atom is 0.266 e. The van der Waals surface area contributed by atoms with E-state index in [4.69, 9.17) is 4.74 Å². The number of aliphatic imine (C=N–C) groups is 1. The van der Waals surface area contributed by atoms with Crippen LogP contribution in [0.4, 0.5) is 15.8 Å². The second-order valence-electron chi connectivity index (χ2n) is 7.64. The first-order valence-electron chi connectivity index (χ1n) is 10.5. The molecule has 2 aliphatic heterocycles. The number of carbonyl (C=O) groups excluding carboxylic acids is 1. The van der Waals surface area contributed by atoms with Gasteiger partial charge in [-0.05, 0) is 73.0 Å². The molecule has 0 spiro atoms. The number of para-hydroxylation sites is 1. The minimum absolute atomic E-state index is 0.139. The van der Waals surface area contributed by atoms with Gasteiger partial charge in [-0.15, -0.1) is 0 Å². The second-order valence-corrected chi connectivity index (χ2v) is 8.65. The van der Waals surface area contributed by atoms with E-state index in [0.717, 1.165) is 37.2 Å². The zero-order valence-electron chi connectivity index (χ0n) is 17.8. The molecule has 7 heteroatoms. The van der Waals surface area contributed by atoms with Crippen molar-refractivity contribution in [1.82, 2.24) is 4.90 Å². The summed E-state index contributed by atoms with van der Waals surface area (Å²) < 4.78 is 20.0. The molecule has 1 amide bonds. The molecule has 2 saturated heterocycles. The molecule has 0 radical (unpaired) electrons. The number of methoxy groups -OCH3 is 1. The fraction of sp³-hybridized carbons (Fsp3) is 0.333. The highest BCUT2D eigenvalue weighted by molar-refractivity contribution is 8.18. The predicted octanol–water partition coefficient (Wildman–Crippen LogP) is 4.98. The molecule has 4 rings (SSSR count). The van der Waals surface area contributed by atoms with Crippen LogP contribution in [0.25, 0.3) is 6.08 Å². The summed E-state index contributed by atoms with van der Waals surface area (Å²) in [7, 11) is 1.60. The first kappa shape index (κ1) is 21.6. The van der Waals surface area contributed by atoms with Crippen molar-refractivity contribution < 1.29 is 13.9 Å². The molecular formula is C24H26FN3O2S. The van der Waals surface area contributed by atoms with Crippen molar-refractivity contribution in [2.24, 2.45) is 4.99 Å². The molecule has 0 atom stereocenters. The third kappa shape index (κ3) is 4.83. The first-order valence-corrected chi connectivity index (χ1v) is 11.3. The molecule has 5 nitrogen and oxygen atoms in total. The number of hydrogen-bond donors (Lipinski definition) is 0. The van der Waals surface area contributed by atoms with E-state index in [-0.39, 0.29) is 11.7 Å². The number of hydrogen-bond acceptors (Lipinski definition) is 5. The van der Waals surface area contributed by atoms with E-state index in [0.29, 0.717) is 34.5 Å². The molecule has 0 aliphatic carbocycles. The molecule has 162 valence electrons. The monoisotopic (exact) mass is 439 g/mol. The molecule has 0 N–H and O–H groups in total. The van der Waals surface area contributed by atoms with Gasteiger partial charge in [0.05, 0.1) is 29.4 Å². The molecular weight excluding hydrogens is 413 g/mol. The Morgan fingerprint density at radius 1 is 1.19 bits per heavy atom. The molecule has 2 aromatic rings. The van der Waals surface area contributed by atoms with Gasteiger partial charge in [0.25, 0.3) is 5.91 Å². The second kappa shape index (κ2) is 9.66. The van der Waals surface area contributed by atoms with E-state index in [9.17, 15) is 9.18 Å². The first-order chi connectivity index (χ1) is 15.1. The Bertz CT molecular complexity index is 1020. The largest absolute Gasteiger partial charge is 0.383 e. The average Bonchev–Trinajstić information content (AvgIpc) is 3.39. The van der Waals surface area contributed by atoms with Gasteiger partial charge in [-0.3, -0.25) is 9.69 Å². The van der Waals surface area contributed by atoms with Crippen molar-refractivity contribution in [2.75, 3.05) is 38.3 Å². The number of halogens is 1. The third-order valence-corrected chi connectivity index (χ3v) is 6.46. The number of rotatable bonds is 6. The fourth-order valence-corrected chi connectivity index (χ4v) is 4.78. The van der Waals surface area contributed by atoms with Crippen molar-refractivity contribution in [2.45, 2.75) is 19.8 Å². The van der Waals surface area contributed by atoms with Gasteiger partial charge in [0.1, 0.15) is 5.82 Å². The highest BCUT2D eigenvalue weighted by Crippen LogP contribution is 2.35. The van der Waals surface area contributed by atoms with Crippen LogP contribution in [0.1, 0.15) is 24.0 Å². The molecule has 0 saturated carbocycles. The lowest BCUT2D eigenvalue weighted by atomic mass is 10.1. The summed E-state index contributed by atoms with van der Waals surface area (Å²) in [5.74, 6) is -0.385. The van der Waals surface area contributed by atoms with Crippen LogP contribution in [0, 0.1) is 12.7 Å². The lowest BCUT2D eigenvalue weighted by Gasteiger charge is -2.19. The summed E-state index contributed by atoms with van der Waals surface area (Å²) in [4.78, 5) is 22.0. The Hall–Kier alpha value is -2.64. The number of ether oxygens (including phenoxy) is 1. The van der Waals surface area contributed by atoms with Crippen molar-refractivity contribution in [3.8, 4) is 0 Å². The number of amides is 1. The van der Waals surface area contributed by atoms with Gasteiger partial charge < -0.3 is 9.64 Å². The van der Waals surface area contributed by atoms with E-state index in [1.54, 1.807) is 18.1 Å². The minimum atomic E-state index is -0.246. The van der Waals surface area contributed by atoms with E-state index in [1.165, 1.54) is 17.8 Å². The molecule has 0 aromatic heterocycles. The number of carbonyl (C=O) groups is 1. The number of benzene rings is 2. The summed E-state index contributed by atoms with van der Waals surface area (Å²) in [6, 6.07) is 13.0. The lowest BCUT2D eigenvalue weighted by molar-refractivity contribution is -0.122. The molecule has 31 heavy (non-hydrogen) atoms. The summed E-state index contributed by atoms with van der Waals surface area (Å²) in [6.07, 6.45) is 3.96. The Morgan fingerprint density at radius 3 is 2.65 bits per heavy atom. The van der Waals surface area contributed by atoms with E-state index >= 15 is 0 Å². The zero-order valence-corrected chi connectivity index (χ0v) is 18.6. The normalized spacial score (nSPS) is 19.3. The van der Waals surface area contributed by atoms with Gasteiger partial charge in [-0.1, -0.05) is 18.2 Å². The maximum atomic E-state index is 14.8. The molecule has 2 fully saturated rings. The van der Waals surface area contributed by atoms with Crippen molar-refractivity contribution in [3.63, 3.8) is 0 Å². The topological polar surface area (TPSA) is 45.1 Å². The van der Waals surface area contributed by atoms with E-state index < -0.39 is 0 Å². The smallest absolute Gasteiger partial charge is 0.266 e. The summed E-state index contributed by atoms with van der Waals surface area (Å²) in [5.41, 5.74) is 3.08. The van der Waals surface area contributed by atoms with E-state index in [2.05, 4.69) is 9.89 Å². The van der Waals surface area contributed by atoms with Crippen LogP contribution in [-0.2, 0) is 9.53 Å². The van der Waals surface area contributed by atoms with Crippen molar-refractivity contribution in [3.05, 3.63) is 64.3 Å². The Morgan fingerprint density at radius 2 is 1.94 bits per heavy atom. The van der Waals surface area contributed by atoms with Crippen LogP contribution in [0.15, 0.2) is 52.4 Å². The summed E-state index contributed by atoms with van der Waals surface area (Å²) in [6.45, 7) is 4.55. The molecule has 0 bridgehead atoms. The average molecular weight is 440 g/mol. The van der Waals surface area contributed by atoms with Crippen molar-refractivity contribution in [1.29, 1.82) is 0 Å². The van der Waals surface area contributed by atoms with Crippen molar-refractivity contribution >= 4 is 40.3 Å². The number of anilines is 1. The standard InChI is InChI=1S/C24H26FN3O2S/c1-17-14-21(27-10-6-7-11-27)20(25)15-18(17)16-22-23(29)28(12-13-30-2)24(31-22)26-19-8-4-3-5-9-19/h3-5,8-9,14-16H,6-7,10-13H2,1-2H3. The highest BCUT2D eigenvalue weighted by atomic mass is 32.2. The van der Waals surface area contributed by atoms with Crippen LogP contribution < -0.4 is 4.90 Å². The van der Waals surface area contributed by atoms with Crippen LogP contribution in [0.5, 0.6) is 0 Å². The van der Waals surface area contributed by atoms with Crippen LogP contribution in [0.2, 0.25) is 0 Å². The SMILES string of the molecule is COCCN1C(=O)C(=Cc2cc(F)c(N3CCCC3)cc2C)SC1=Nc1ccccc1. The maximum absolute atomic E-state index is 14.8. The molecule has 2 heterocycles. The predicted molar refractivity (Wildman–Crippen MR) is 125 cm³/mol. The number of nitrogens with zero attached hydrogens (tertiary/aromatic N) is 3. The Labute approximate surface area is 186 Å². The number of amidine groups is 1. The molecule has 2 aromatic carbocycles. The Balaban J connectivity index is 1.65. The number of thioether (sulfide) groups is 1. The van der Waals surface area contributed by atoms with E-state index in [1.807, 2.05) is 43.3 Å². The van der Waals surface area contributed by atoms with Gasteiger partial charge in [-0.2, -0.15) is 0 Å². The molecule has 0 unspecified atom stereocenters. The van der Waals surface area contributed by atoms with Gasteiger partial charge in [0.15, 0.2) is 5.17 Å². The summed E-state index contributed by atoms with van der Waals surface area (Å²) >= 11 is 1.31. The fourth-order valence-electron chi connectivity index (χ4n) is 3.76. The summed E-state index contributed by atoms with van der Waals surface area (Å²) in [5, 5.41) is 0.603. The third-order valence-electron chi connectivity index (χ3n) is 5.46.